The highest BCUT2D eigenvalue weighted by Gasteiger charge is 2.13. The number of aliphatic hydroxyl groups excluding tert-OH is 1. The highest BCUT2D eigenvalue weighted by molar-refractivity contribution is 5.74. The van der Waals surface area contributed by atoms with Gasteiger partial charge in [-0.1, -0.05) is 12.8 Å². The van der Waals surface area contributed by atoms with Crippen LogP contribution in [0.2, 0.25) is 0 Å². The number of carboxylic acid groups (broad SMARTS) is 1. The van der Waals surface area contributed by atoms with Crippen molar-refractivity contribution >= 4 is 11.9 Å². The van der Waals surface area contributed by atoms with Gasteiger partial charge in [0.25, 0.3) is 0 Å². The fraction of sp³-hybridized carbons (Fsp3) is 0.778. The van der Waals surface area contributed by atoms with Crippen LogP contribution in [0.4, 0.5) is 0 Å². The molecule has 14 heavy (non-hydrogen) atoms. The van der Waals surface area contributed by atoms with Crippen molar-refractivity contribution in [2.45, 2.75) is 38.2 Å². The average molecular weight is 204 g/mol. The summed E-state index contributed by atoms with van der Waals surface area (Å²) in [6.07, 6.45) is 1.28. The van der Waals surface area contributed by atoms with Crippen molar-refractivity contribution < 1.29 is 24.5 Å². The lowest BCUT2D eigenvalue weighted by Gasteiger charge is -2.06. The highest BCUT2D eigenvalue weighted by atomic mass is 16.5. The topological polar surface area (TPSA) is 83.8 Å². The largest absolute Gasteiger partial charge is 0.481 e. The van der Waals surface area contributed by atoms with Crippen molar-refractivity contribution in [3.8, 4) is 0 Å². The fourth-order valence-electron chi connectivity index (χ4n) is 1.04. The van der Waals surface area contributed by atoms with E-state index < -0.39 is 18.0 Å². The van der Waals surface area contributed by atoms with Gasteiger partial charge in [-0.2, -0.15) is 0 Å². The van der Waals surface area contributed by atoms with Crippen LogP contribution in [0, 0.1) is 0 Å². The van der Waals surface area contributed by atoms with Crippen LogP contribution in [-0.4, -0.2) is 35.4 Å². The second-order valence-electron chi connectivity index (χ2n) is 3.03. The van der Waals surface area contributed by atoms with Crippen LogP contribution < -0.4 is 0 Å². The number of methoxy groups -OCH3 is 1. The number of hydrogen-bond donors (Lipinski definition) is 2. The third-order valence-corrected chi connectivity index (χ3v) is 1.84. The number of aliphatic carboxylic acids is 1. The summed E-state index contributed by atoms with van der Waals surface area (Å²) in [4.78, 5) is 20.8. The third-order valence-electron chi connectivity index (χ3n) is 1.84. The molecule has 0 saturated heterocycles. The Morgan fingerprint density at radius 1 is 1.29 bits per heavy atom. The molecule has 0 aliphatic heterocycles. The van der Waals surface area contributed by atoms with Gasteiger partial charge < -0.3 is 14.9 Å². The van der Waals surface area contributed by atoms with Crippen molar-refractivity contribution in [1.82, 2.24) is 0 Å². The molecule has 5 nitrogen and oxygen atoms in total. The van der Waals surface area contributed by atoms with Gasteiger partial charge >= 0.3 is 11.9 Å². The van der Waals surface area contributed by atoms with Crippen LogP contribution in [0.25, 0.3) is 0 Å². The van der Waals surface area contributed by atoms with Gasteiger partial charge in [0.05, 0.1) is 7.11 Å². The van der Waals surface area contributed by atoms with Crippen LogP contribution in [0.5, 0.6) is 0 Å². The summed E-state index contributed by atoms with van der Waals surface area (Å²) in [5.74, 6) is -1.46. The Balaban J connectivity index is 3.36. The first kappa shape index (κ1) is 12.9. The molecule has 0 fully saturated rings. The maximum absolute atomic E-state index is 10.7. The van der Waals surface area contributed by atoms with E-state index in [2.05, 4.69) is 4.74 Å². The molecular weight excluding hydrogens is 188 g/mol. The summed E-state index contributed by atoms with van der Waals surface area (Å²) in [7, 11) is 1.22. The van der Waals surface area contributed by atoms with Gasteiger partial charge in [0.15, 0.2) is 6.10 Å². The van der Waals surface area contributed by atoms with Gasteiger partial charge in [-0.15, -0.1) is 0 Å². The number of hydrogen-bond acceptors (Lipinski definition) is 4. The Labute approximate surface area is 82.7 Å². The average Bonchev–Trinajstić information content (AvgIpc) is 2.15. The molecule has 0 bridgehead atoms. The fourth-order valence-corrected chi connectivity index (χ4v) is 1.04. The number of unbranched alkanes of at least 4 members (excludes halogenated alkanes) is 2. The number of aliphatic hydroxyl groups is 1. The first-order chi connectivity index (χ1) is 6.57. The highest BCUT2D eigenvalue weighted by Crippen LogP contribution is 2.06. The Morgan fingerprint density at radius 3 is 2.43 bits per heavy atom. The number of esters is 1. The molecule has 0 rings (SSSR count). The number of carboxylic acids is 1. The van der Waals surface area contributed by atoms with Crippen LogP contribution in [-0.2, 0) is 14.3 Å². The second kappa shape index (κ2) is 7.32. The molecule has 1 atom stereocenters. The third kappa shape index (κ3) is 6.42. The molecule has 0 aromatic carbocycles. The summed E-state index contributed by atoms with van der Waals surface area (Å²) in [6, 6.07) is 0. The summed E-state index contributed by atoms with van der Waals surface area (Å²) in [6.45, 7) is 0. The quantitative estimate of drug-likeness (QED) is 0.467. The number of rotatable bonds is 7. The second-order valence-corrected chi connectivity index (χ2v) is 3.03. The van der Waals surface area contributed by atoms with Gasteiger partial charge in [0.1, 0.15) is 0 Å². The van der Waals surface area contributed by atoms with Crippen molar-refractivity contribution in [3.63, 3.8) is 0 Å². The molecule has 0 spiro atoms. The van der Waals surface area contributed by atoms with Crippen molar-refractivity contribution in [2.24, 2.45) is 0 Å². The monoisotopic (exact) mass is 204 g/mol. The van der Waals surface area contributed by atoms with E-state index in [1.807, 2.05) is 0 Å². The SMILES string of the molecule is COC(=O)C(O)CCCCCC(=O)O. The van der Waals surface area contributed by atoms with Gasteiger partial charge in [0.2, 0.25) is 0 Å². The van der Waals surface area contributed by atoms with E-state index in [-0.39, 0.29) is 6.42 Å². The van der Waals surface area contributed by atoms with E-state index in [1.54, 1.807) is 0 Å². The van der Waals surface area contributed by atoms with E-state index >= 15 is 0 Å². The Bertz CT molecular complexity index is 190. The molecule has 0 amide bonds. The molecule has 2 N–H and O–H groups in total. The van der Waals surface area contributed by atoms with E-state index in [4.69, 9.17) is 10.2 Å². The minimum absolute atomic E-state index is 0.133. The summed E-state index contributed by atoms with van der Waals surface area (Å²) >= 11 is 0. The number of carbonyl (C=O) groups excluding carboxylic acids is 1. The lowest BCUT2D eigenvalue weighted by Crippen LogP contribution is -2.21. The maximum Gasteiger partial charge on any atom is 0.334 e. The van der Waals surface area contributed by atoms with Crippen molar-refractivity contribution in [1.29, 1.82) is 0 Å². The Hall–Kier alpha value is -1.10. The predicted molar refractivity (Wildman–Crippen MR) is 48.7 cm³/mol. The smallest absolute Gasteiger partial charge is 0.334 e. The minimum atomic E-state index is -1.08. The zero-order valence-corrected chi connectivity index (χ0v) is 8.23. The molecule has 5 heteroatoms. The zero-order valence-electron chi connectivity index (χ0n) is 8.23. The van der Waals surface area contributed by atoms with Crippen molar-refractivity contribution in [2.75, 3.05) is 7.11 Å². The molecule has 0 saturated carbocycles. The molecule has 0 heterocycles. The Morgan fingerprint density at radius 2 is 1.93 bits per heavy atom. The molecule has 82 valence electrons. The predicted octanol–water partition coefficient (Wildman–Crippen LogP) is 0.555. The summed E-state index contributed by atoms with van der Waals surface area (Å²) in [5, 5.41) is 17.5. The van der Waals surface area contributed by atoms with Crippen LogP contribution in [0.1, 0.15) is 32.1 Å². The molecule has 0 radical (unpaired) electrons. The molecule has 0 aromatic rings. The van der Waals surface area contributed by atoms with Gasteiger partial charge in [0, 0.05) is 6.42 Å². The van der Waals surface area contributed by atoms with Crippen LogP contribution in [0.15, 0.2) is 0 Å². The normalized spacial score (nSPS) is 12.1. The van der Waals surface area contributed by atoms with Crippen LogP contribution in [0.3, 0.4) is 0 Å². The maximum atomic E-state index is 10.7. The van der Waals surface area contributed by atoms with Gasteiger partial charge in [-0.25, -0.2) is 4.79 Å². The standard InChI is InChI=1S/C9H16O5/c1-14-9(13)7(10)5-3-2-4-6-8(11)12/h7,10H,2-6H2,1H3,(H,11,12). The van der Waals surface area contributed by atoms with E-state index in [1.165, 1.54) is 7.11 Å². The zero-order chi connectivity index (χ0) is 11.0. The molecule has 0 aliphatic carbocycles. The minimum Gasteiger partial charge on any atom is -0.481 e. The van der Waals surface area contributed by atoms with Crippen LogP contribution >= 0.6 is 0 Å². The first-order valence-corrected chi connectivity index (χ1v) is 4.55. The summed E-state index contributed by atoms with van der Waals surface area (Å²) in [5.41, 5.74) is 0. The molecular formula is C9H16O5. The molecule has 0 aliphatic rings. The Kier molecular flexibility index (Phi) is 6.74. The van der Waals surface area contributed by atoms with Crippen molar-refractivity contribution in [3.05, 3.63) is 0 Å². The van der Waals surface area contributed by atoms with Gasteiger partial charge in [-0.3, -0.25) is 4.79 Å². The lowest BCUT2D eigenvalue weighted by molar-refractivity contribution is -0.150. The lowest BCUT2D eigenvalue weighted by atomic mass is 10.1. The summed E-state index contributed by atoms with van der Waals surface area (Å²) < 4.78 is 4.32. The molecule has 1 unspecified atom stereocenters. The first-order valence-electron chi connectivity index (χ1n) is 4.55. The van der Waals surface area contributed by atoms with E-state index in [0.29, 0.717) is 25.7 Å². The number of ether oxygens (including phenoxy) is 1. The van der Waals surface area contributed by atoms with E-state index in [9.17, 15) is 9.59 Å². The molecule has 0 aromatic heterocycles. The van der Waals surface area contributed by atoms with Gasteiger partial charge in [-0.05, 0) is 12.8 Å². The van der Waals surface area contributed by atoms with E-state index in [0.717, 1.165) is 0 Å². The number of carbonyl (C=O) groups is 2.